The molecular formula is C42H48N8O4. The van der Waals surface area contributed by atoms with Gasteiger partial charge in [-0.1, -0.05) is 92.7 Å². The molecule has 2 aliphatic rings. The van der Waals surface area contributed by atoms with E-state index >= 15 is 0 Å². The quantitative estimate of drug-likeness (QED) is 0.127. The van der Waals surface area contributed by atoms with Crippen LogP contribution in [0.25, 0.3) is 33.6 Å². The van der Waals surface area contributed by atoms with E-state index in [0.29, 0.717) is 6.54 Å². The molecule has 0 unspecified atom stereocenters. The summed E-state index contributed by atoms with van der Waals surface area (Å²) in [5.41, 5.74) is 7.02. The molecule has 12 heteroatoms. The van der Waals surface area contributed by atoms with Crippen molar-refractivity contribution < 1.29 is 19.1 Å². The van der Waals surface area contributed by atoms with Crippen molar-refractivity contribution in [2.45, 2.75) is 57.7 Å². The fourth-order valence-electron chi connectivity index (χ4n) is 7.87. The van der Waals surface area contributed by atoms with Crippen LogP contribution in [-0.4, -0.2) is 92.4 Å². The minimum Gasteiger partial charge on any atom is -0.453 e. The average molecular weight is 729 g/mol. The summed E-state index contributed by atoms with van der Waals surface area (Å²) in [6.45, 7) is 7.02. The Balaban J connectivity index is 1.01. The highest BCUT2D eigenvalue weighted by molar-refractivity contribution is 5.84. The minimum atomic E-state index is -0.629. The van der Waals surface area contributed by atoms with Gasteiger partial charge < -0.3 is 29.8 Å². The van der Waals surface area contributed by atoms with E-state index in [1.165, 1.54) is 7.11 Å². The Morgan fingerprint density at radius 1 is 0.759 bits per heavy atom. The molecular weight excluding hydrogens is 681 g/mol. The van der Waals surface area contributed by atoms with Gasteiger partial charge in [-0.15, -0.1) is 0 Å². The summed E-state index contributed by atoms with van der Waals surface area (Å²) >= 11 is 0. The molecule has 2 aromatic heterocycles. The van der Waals surface area contributed by atoms with E-state index in [0.717, 1.165) is 96.2 Å². The monoisotopic (exact) mass is 728 g/mol. The van der Waals surface area contributed by atoms with E-state index in [4.69, 9.17) is 4.98 Å². The summed E-state index contributed by atoms with van der Waals surface area (Å²) in [5, 5.41) is 2.47. The number of aromatic nitrogens is 4. The molecule has 0 spiro atoms. The summed E-state index contributed by atoms with van der Waals surface area (Å²) in [6.07, 6.45) is 6.54. The van der Waals surface area contributed by atoms with Crippen molar-refractivity contribution in [3.8, 4) is 33.6 Å². The maximum Gasteiger partial charge on any atom is 0.407 e. The summed E-state index contributed by atoms with van der Waals surface area (Å²) in [6, 6.07) is 26.3. The lowest BCUT2D eigenvalue weighted by atomic mass is 10.0. The lowest BCUT2D eigenvalue weighted by Gasteiger charge is -2.34. The van der Waals surface area contributed by atoms with E-state index < -0.39 is 6.09 Å². The molecule has 0 aliphatic carbocycles. The number of nitrogens with zero attached hydrogens (tertiary/aromatic N) is 5. The zero-order valence-electron chi connectivity index (χ0n) is 31.1. The molecule has 54 heavy (non-hydrogen) atoms. The average Bonchev–Trinajstić information content (AvgIpc) is 4.06. The van der Waals surface area contributed by atoms with E-state index in [-0.39, 0.29) is 36.5 Å². The Bertz CT molecular complexity index is 2040. The minimum absolute atomic E-state index is 0.0910. The van der Waals surface area contributed by atoms with Gasteiger partial charge in [-0.2, -0.15) is 0 Å². The molecule has 3 amide bonds. The molecule has 3 N–H and O–H groups in total. The van der Waals surface area contributed by atoms with E-state index in [2.05, 4.69) is 104 Å². The van der Waals surface area contributed by atoms with Crippen LogP contribution < -0.4 is 5.32 Å². The van der Waals surface area contributed by atoms with Gasteiger partial charge in [-0.05, 0) is 66.6 Å². The van der Waals surface area contributed by atoms with Gasteiger partial charge in [0.05, 0.1) is 43.0 Å². The number of rotatable bonds is 12. The molecule has 0 bridgehead atoms. The van der Waals surface area contributed by atoms with Crippen molar-refractivity contribution in [1.82, 2.24) is 40.0 Å². The second-order valence-electron chi connectivity index (χ2n) is 13.8. The number of carbonyl (C=O) groups excluding carboxylic acids is 3. The molecule has 4 heterocycles. The van der Waals surface area contributed by atoms with Gasteiger partial charge in [0, 0.05) is 13.1 Å². The number of alkyl carbamates (subject to hydrolysis) is 1. The van der Waals surface area contributed by atoms with Crippen LogP contribution in [0, 0.1) is 0 Å². The number of ether oxygens (including phenoxy) is 1. The van der Waals surface area contributed by atoms with E-state index in [1.807, 2.05) is 29.3 Å². The highest BCUT2D eigenvalue weighted by Gasteiger charge is 2.38. The summed E-state index contributed by atoms with van der Waals surface area (Å²) in [7, 11) is 1.27. The second kappa shape index (κ2) is 16.5. The van der Waals surface area contributed by atoms with Gasteiger partial charge in [0.25, 0.3) is 0 Å². The number of methoxy groups -OCH3 is 1. The first kappa shape index (κ1) is 36.6. The molecule has 12 nitrogen and oxygen atoms in total. The largest absolute Gasteiger partial charge is 0.453 e. The lowest BCUT2D eigenvalue weighted by Crippen LogP contribution is -2.43. The van der Waals surface area contributed by atoms with Gasteiger partial charge in [-0.25, -0.2) is 14.8 Å². The predicted molar refractivity (Wildman–Crippen MR) is 207 cm³/mol. The molecule has 2 fully saturated rings. The van der Waals surface area contributed by atoms with Crippen molar-refractivity contribution >= 4 is 17.9 Å². The number of hydrogen-bond donors (Lipinski definition) is 3. The zero-order valence-corrected chi connectivity index (χ0v) is 31.1. The predicted octanol–water partition coefficient (Wildman–Crippen LogP) is 6.90. The Hall–Kier alpha value is -5.75. The number of likely N-dealkylation sites (N-methyl/N-ethyl adjacent to an activating group) is 1. The number of hydrogen-bond acceptors (Lipinski definition) is 7. The van der Waals surface area contributed by atoms with Gasteiger partial charge in [0.1, 0.15) is 24.2 Å². The summed E-state index contributed by atoms with van der Waals surface area (Å²) < 4.78 is 4.59. The number of carbonyl (C=O) groups is 3. The number of nitrogens with one attached hydrogen (secondary N) is 3. The van der Waals surface area contributed by atoms with Crippen LogP contribution in [0.3, 0.4) is 0 Å². The first-order valence-electron chi connectivity index (χ1n) is 18.9. The molecule has 0 radical (unpaired) electrons. The van der Waals surface area contributed by atoms with Crippen LogP contribution in [0.4, 0.5) is 4.79 Å². The van der Waals surface area contributed by atoms with Crippen molar-refractivity contribution in [3.05, 3.63) is 108 Å². The van der Waals surface area contributed by atoms with Crippen LogP contribution in [0.15, 0.2) is 91.3 Å². The van der Waals surface area contributed by atoms with Crippen LogP contribution in [0.5, 0.6) is 0 Å². The third-order valence-corrected chi connectivity index (χ3v) is 10.8. The van der Waals surface area contributed by atoms with Crippen LogP contribution in [0.2, 0.25) is 0 Å². The topological polar surface area (TPSA) is 140 Å². The Kier molecular flexibility index (Phi) is 11.2. The molecule has 280 valence electrons. The van der Waals surface area contributed by atoms with Crippen LogP contribution in [-0.2, 0) is 14.3 Å². The first-order valence-corrected chi connectivity index (χ1v) is 18.9. The summed E-state index contributed by atoms with van der Waals surface area (Å²) in [4.78, 5) is 60.8. The highest BCUT2D eigenvalue weighted by Crippen LogP contribution is 2.36. The zero-order chi connectivity index (χ0) is 37.6. The molecule has 3 aromatic carbocycles. The fraction of sp³-hybridized carbons (Fsp3) is 0.357. The summed E-state index contributed by atoms with van der Waals surface area (Å²) in [5.74, 6) is 1.53. The molecule has 5 aromatic rings. The fourth-order valence-corrected chi connectivity index (χ4v) is 7.87. The third kappa shape index (κ3) is 7.65. The molecule has 0 saturated carbocycles. The van der Waals surface area contributed by atoms with Crippen molar-refractivity contribution in [2.24, 2.45) is 0 Å². The normalized spacial score (nSPS) is 17.6. The van der Waals surface area contributed by atoms with Crippen molar-refractivity contribution in [1.29, 1.82) is 0 Å². The Morgan fingerprint density at radius 3 is 1.78 bits per heavy atom. The van der Waals surface area contributed by atoms with Gasteiger partial charge >= 0.3 is 6.09 Å². The number of amides is 3. The van der Waals surface area contributed by atoms with Crippen LogP contribution in [0.1, 0.15) is 74.9 Å². The number of imidazole rings is 2. The molecule has 3 atom stereocenters. The SMILES string of the molecule is CCN(CC)[C@@H](C(=O)N1CCC[C@H]1c1ncc(-c2ccc(-c3ccc(-c4cnc([C@@H]5CCCN5C(=O)CNC(=O)OC)[nH]4)cc3)cc2)[nH]1)c1ccccc1. The Morgan fingerprint density at radius 2 is 1.26 bits per heavy atom. The maximum absolute atomic E-state index is 14.2. The molecule has 7 rings (SSSR count). The van der Waals surface area contributed by atoms with E-state index in [9.17, 15) is 14.4 Å². The number of aromatic amines is 2. The molecule has 2 aliphatic heterocycles. The van der Waals surface area contributed by atoms with Gasteiger partial charge in [0.2, 0.25) is 11.8 Å². The third-order valence-electron chi connectivity index (χ3n) is 10.8. The second-order valence-corrected chi connectivity index (χ2v) is 13.8. The lowest BCUT2D eigenvalue weighted by molar-refractivity contribution is -0.138. The molecule has 2 saturated heterocycles. The standard InChI is InChI=1S/C42H48N8O4/c1-4-48(5-2)38(32-11-7-6-8-12-32)41(52)50-24-10-14-36(50)40-44-26-34(47-40)31-21-17-29(18-22-31)28-15-19-30(20-16-28)33-25-43-39(46-33)35-13-9-23-49(35)37(51)27-45-42(53)54-3/h6-8,11-12,15-22,25-26,35-36,38H,4-5,9-10,13-14,23-24,27H2,1-3H3,(H,43,46)(H,44,47)(H,45,53)/t35-,36-,38+/m0/s1. The van der Waals surface area contributed by atoms with Crippen molar-refractivity contribution in [3.63, 3.8) is 0 Å². The first-order chi connectivity index (χ1) is 26.4. The van der Waals surface area contributed by atoms with Crippen LogP contribution >= 0.6 is 0 Å². The smallest absolute Gasteiger partial charge is 0.407 e. The van der Waals surface area contributed by atoms with Gasteiger partial charge in [0.15, 0.2) is 0 Å². The van der Waals surface area contributed by atoms with E-state index in [1.54, 1.807) is 11.1 Å². The number of likely N-dealkylation sites (tertiary alicyclic amines) is 2. The van der Waals surface area contributed by atoms with Crippen molar-refractivity contribution in [2.75, 3.05) is 39.8 Å². The number of H-pyrrole nitrogens is 2. The maximum atomic E-state index is 14.2. The van der Waals surface area contributed by atoms with Gasteiger partial charge in [-0.3, -0.25) is 14.5 Å². The Labute approximate surface area is 316 Å². The highest BCUT2D eigenvalue weighted by atomic mass is 16.5. The number of benzene rings is 3.